The van der Waals surface area contributed by atoms with E-state index in [1.807, 2.05) is 6.92 Å². The van der Waals surface area contributed by atoms with Gasteiger partial charge in [0.2, 0.25) is 0 Å². The summed E-state index contributed by atoms with van der Waals surface area (Å²) in [5.41, 5.74) is 1.02. The number of hydrogen-bond acceptors (Lipinski definition) is 6. The summed E-state index contributed by atoms with van der Waals surface area (Å²) < 4.78 is 16.4. The molecule has 1 aromatic carbocycles. The number of esters is 1. The van der Waals surface area contributed by atoms with E-state index in [0.29, 0.717) is 22.8 Å². The van der Waals surface area contributed by atoms with E-state index in [-0.39, 0.29) is 11.9 Å². The van der Waals surface area contributed by atoms with Crippen molar-refractivity contribution in [1.82, 2.24) is 4.98 Å². The van der Waals surface area contributed by atoms with Crippen LogP contribution in [-0.2, 0) is 4.74 Å². The minimum atomic E-state index is -0.440. The van der Waals surface area contributed by atoms with Crippen molar-refractivity contribution in [2.45, 2.75) is 19.1 Å². The highest BCUT2D eigenvalue weighted by Gasteiger charge is 2.31. The summed E-state index contributed by atoms with van der Waals surface area (Å²) in [6.07, 6.45) is 0.667. The summed E-state index contributed by atoms with van der Waals surface area (Å²) in [6.45, 7) is 1.87. The lowest BCUT2D eigenvalue weighted by Gasteiger charge is -2.31. The van der Waals surface area contributed by atoms with Crippen LogP contribution >= 0.6 is 0 Å². The third kappa shape index (κ3) is 2.55. The molecule has 1 aromatic heterocycles. The molecule has 114 valence electrons. The predicted octanol–water partition coefficient (Wildman–Crippen LogP) is 2.47. The number of aromatic hydroxyl groups is 1. The number of aromatic nitrogens is 1. The number of pyridine rings is 1. The molecule has 2 aromatic rings. The fourth-order valence-electron chi connectivity index (χ4n) is 2.30. The van der Waals surface area contributed by atoms with Gasteiger partial charge in [0, 0.05) is 0 Å². The van der Waals surface area contributed by atoms with Crippen LogP contribution in [0.2, 0.25) is 0 Å². The lowest BCUT2D eigenvalue weighted by atomic mass is 10.1. The van der Waals surface area contributed by atoms with E-state index in [4.69, 9.17) is 14.2 Å². The van der Waals surface area contributed by atoms with Crippen LogP contribution in [0, 0.1) is 0 Å². The summed E-state index contributed by atoms with van der Waals surface area (Å²) in [7, 11) is 1.32. The van der Waals surface area contributed by atoms with Gasteiger partial charge in [-0.05, 0) is 37.3 Å². The van der Waals surface area contributed by atoms with Crippen molar-refractivity contribution in [2.24, 2.45) is 0 Å². The monoisotopic (exact) mass is 301 g/mol. The number of ether oxygens (including phenoxy) is 3. The number of carbonyl (C=O) groups excluding carboxylic acids is 1. The molecule has 0 saturated carbocycles. The van der Waals surface area contributed by atoms with Gasteiger partial charge < -0.3 is 19.3 Å². The number of hydrogen-bond donors (Lipinski definition) is 1. The van der Waals surface area contributed by atoms with Gasteiger partial charge in [-0.1, -0.05) is 0 Å². The van der Waals surface area contributed by atoms with E-state index in [1.165, 1.54) is 13.3 Å². The molecule has 0 amide bonds. The second-order valence-corrected chi connectivity index (χ2v) is 4.96. The average Bonchev–Trinajstić information content (AvgIpc) is 2.54. The maximum Gasteiger partial charge on any atom is 0.337 e. The van der Waals surface area contributed by atoms with Crippen LogP contribution in [0.3, 0.4) is 0 Å². The summed E-state index contributed by atoms with van der Waals surface area (Å²) in [4.78, 5) is 15.7. The van der Waals surface area contributed by atoms with E-state index >= 15 is 0 Å². The Balaban J connectivity index is 1.92. The first-order chi connectivity index (χ1) is 10.6. The Bertz CT molecular complexity index is 698. The maximum absolute atomic E-state index is 11.6. The molecule has 2 atom stereocenters. The molecule has 0 spiro atoms. The van der Waals surface area contributed by atoms with Crippen molar-refractivity contribution in [3.05, 3.63) is 47.8 Å². The SMILES string of the molecule is COC(=O)c1ccc2c(c1)OC(c1ccc(O)cn1)C(C)O2. The van der Waals surface area contributed by atoms with Crippen LogP contribution in [0.5, 0.6) is 17.2 Å². The Morgan fingerprint density at radius 3 is 2.73 bits per heavy atom. The smallest absolute Gasteiger partial charge is 0.337 e. The van der Waals surface area contributed by atoms with Crippen molar-refractivity contribution in [3.8, 4) is 17.2 Å². The number of fused-ring (bicyclic) bond motifs is 1. The molecule has 1 N–H and O–H groups in total. The summed E-state index contributed by atoms with van der Waals surface area (Å²) >= 11 is 0. The van der Waals surface area contributed by atoms with Crippen molar-refractivity contribution in [2.75, 3.05) is 7.11 Å². The van der Waals surface area contributed by atoms with E-state index in [9.17, 15) is 9.90 Å². The standard InChI is InChI=1S/C16H15NO5/c1-9-15(12-5-4-11(18)8-17-12)22-14-7-10(16(19)20-2)3-6-13(14)21-9/h3-9,15,18H,1-2H3. The molecule has 3 rings (SSSR count). The van der Waals surface area contributed by atoms with Gasteiger partial charge in [-0.3, -0.25) is 4.98 Å². The highest BCUT2D eigenvalue weighted by atomic mass is 16.6. The van der Waals surface area contributed by atoms with E-state index < -0.39 is 12.1 Å². The maximum atomic E-state index is 11.6. The first-order valence-electron chi connectivity index (χ1n) is 6.79. The summed E-state index contributed by atoms with van der Waals surface area (Å²) in [6, 6.07) is 8.10. The topological polar surface area (TPSA) is 77.9 Å². The van der Waals surface area contributed by atoms with Gasteiger partial charge in [0.05, 0.1) is 24.6 Å². The van der Waals surface area contributed by atoms with Gasteiger partial charge in [-0.15, -0.1) is 0 Å². The Morgan fingerprint density at radius 2 is 2.05 bits per heavy atom. The molecule has 22 heavy (non-hydrogen) atoms. The minimum absolute atomic E-state index is 0.0847. The Morgan fingerprint density at radius 1 is 1.23 bits per heavy atom. The fourth-order valence-corrected chi connectivity index (χ4v) is 2.30. The molecule has 0 aliphatic carbocycles. The van der Waals surface area contributed by atoms with Crippen molar-refractivity contribution in [1.29, 1.82) is 0 Å². The van der Waals surface area contributed by atoms with E-state index in [1.54, 1.807) is 30.3 Å². The molecule has 1 aliphatic heterocycles. The molecule has 6 nitrogen and oxygen atoms in total. The zero-order valence-corrected chi connectivity index (χ0v) is 12.1. The van der Waals surface area contributed by atoms with Crippen molar-refractivity contribution >= 4 is 5.97 Å². The van der Waals surface area contributed by atoms with Crippen LogP contribution < -0.4 is 9.47 Å². The van der Waals surface area contributed by atoms with Gasteiger partial charge in [-0.2, -0.15) is 0 Å². The third-order valence-corrected chi connectivity index (χ3v) is 3.42. The van der Waals surface area contributed by atoms with Crippen LogP contribution in [0.4, 0.5) is 0 Å². The lowest BCUT2D eigenvalue weighted by Crippen LogP contribution is -2.31. The normalized spacial score (nSPS) is 19.5. The summed E-state index contributed by atoms with van der Waals surface area (Å²) in [5.74, 6) is 0.668. The molecular weight excluding hydrogens is 286 g/mol. The number of rotatable bonds is 2. The Hall–Kier alpha value is -2.76. The molecule has 0 saturated heterocycles. The van der Waals surface area contributed by atoms with Gasteiger partial charge in [0.25, 0.3) is 0 Å². The quantitative estimate of drug-likeness (QED) is 0.859. The Kier molecular flexibility index (Phi) is 3.58. The fraction of sp³-hybridized carbons (Fsp3) is 0.250. The van der Waals surface area contributed by atoms with Gasteiger partial charge in [0.15, 0.2) is 17.6 Å². The van der Waals surface area contributed by atoms with Crippen LogP contribution in [0.25, 0.3) is 0 Å². The zero-order chi connectivity index (χ0) is 15.7. The first kappa shape index (κ1) is 14.2. The molecule has 0 fully saturated rings. The molecule has 2 unspecified atom stereocenters. The molecule has 1 aliphatic rings. The average molecular weight is 301 g/mol. The second kappa shape index (κ2) is 5.55. The molecule has 0 bridgehead atoms. The number of methoxy groups -OCH3 is 1. The summed E-state index contributed by atoms with van der Waals surface area (Å²) in [5, 5.41) is 9.32. The zero-order valence-electron chi connectivity index (χ0n) is 12.1. The number of benzene rings is 1. The highest BCUT2D eigenvalue weighted by Crippen LogP contribution is 2.39. The largest absolute Gasteiger partial charge is 0.506 e. The van der Waals surface area contributed by atoms with Crippen LogP contribution in [0.1, 0.15) is 29.1 Å². The Labute approximate surface area is 127 Å². The van der Waals surface area contributed by atoms with Gasteiger partial charge in [-0.25, -0.2) is 4.79 Å². The number of nitrogens with zero attached hydrogens (tertiary/aromatic N) is 1. The third-order valence-electron chi connectivity index (χ3n) is 3.42. The van der Waals surface area contributed by atoms with E-state index in [2.05, 4.69) is 4.98 Å². The van der Waals surface area contributed by atoms with Crippen molar-refractivity contribution < 1.29 is 24.1 Å². The van der Waals surface area contributed by atoms with Crippen molar-refractivity contribution in [3.63, 3.8) is 0 Å². The predicted molar refractivity (Wildman–Crippen MR) is 77.1 cm³/mol. The van der Waals surface area contributed by atoms with Gasteiger partial charge in [0.1, 0.15) is 11.9 Å². The molecule has 6 heteroatoms. The van der Waals surface area contributed by atoms with E-state index in [0.717, 1.165) is 0 Å². The number of carbonyl (C=O) groups is 1. The molecular formula is C16H15NO5. The minimum Gasteiger partial charge on any atom is -0.506 e. The van der Waals surface area contributed by atoms with Crippen LogP contribution in [0.15, 0.2) is 36.5 Å². The first-order valence-corrected chi connectivity index (χ1v) is 6.79. The lowest BCUT2D eigenvalue weighted by molar-refractivity contribution is 0.0278. The highest BCUT2D eigenvalue weighted by molar-refractivity contribution is 5.90. The second-order valence-electron chi connectivity index (χ2n) is 4.96. The molecule has 2 heterocycles. The van der Waals surface area contributed by atoms with Crippen LogP contribution in [-0.4, -0.2) is 29.3 Å². The van der Waals surface area contributed by atoms with Gasteiger partial charge >= 0.3 is 5.97 Å². The molecule has 0 radical (unpaired) electrons.